The molecule has 0 saturated heterocycles. The molecule has 0 radical (unpaired) electrons. The van der Waals surface area contributed by atoms with Crippen LogP contribution in [0.3, 0.4) is 0 Å². The molecule has 3 aliphatic rings. The fraction of sp³-hybridized carbons (Fsp3) is 0.357. The predicted molar refractivity (Wildman–Crippen MR) is 141 cm³/mol. The van der Waals surface area contributed by atoms with E-state index in [9.17, 15) is 5.26 Å². The Morgan fingerprint density at radius 3 is 2.47 bits per heavy atom. The van der Waals surface area contributed by atoms with Gasteiger partial charge in [-0.2, -0.15) is 25.6 Å². The molecule has 2 bridgehead atoms. The number of imidazole rings is 1. The predicted octanol–water partition coefficient (Wildman–Crippen LogP) is 4.72. The summed E-state index contributed by atoms with van der Waals surface area (Å²) in [4.78, 5) is 14.5. The molecule has 3 fully saturated rings. The molecule has 0 amide bonds. The van der Waals surface area contributed by atoms with Crippen LogP contribution >= 0.6 is 0 Å². The molecular formula is C28H27N9O. The Bertz CT molecular complexity index is 1670. The number of aromatic nitrogens is 6. The molecule has 38 heavy (non-hydrogen) atoms. The number of benzene rings is 1. The highest BCUT2D eigenvalue weighted by atomic mass is 16.5. The SMILES string of the molecule is Cc1cc(/C=C/C#N)cc(C)c1Oc1nc(NC23CC(C#N)(C2)C3)nc2c1nc(C)n2Cc1ccnn1C. The number of allylic oxidation sites excluding steroid dienone is 1. The number of hydrogen-bond acceptors (Lipinski definition) is 8. The van der Waals surface area contributed by atoms with Gasteiger partial charge in [-0.15, -0.1) is 0 Å². The first-order valence-electron chi connectivity index (χ1n) is 12.5. The number of anilines is 1. The van der Waals surface area contributed by atoms with Crippen molar-refractivity contribution in [3.8, 4) is 23.8 Å². The number of nitrogens with zero attached hydrogens (tertiary/aromatic N) is 8. The number of nitriles is 2. The summed E-state index contributed by atoms with van der Waals surface area (Å²) >= 11 is 0. The highest BCUT2D eigenvalue weighted by Gasteiger charge is 2.69. The molecule has 190 valence electrons. The molecule has 3 aromatic heterocycles. The van der Waals surface area contributed by atoms with Gasteiger partial charge >= 0.3 is 0 Å². The van der Waals surface area contributed by atoms with Crippen molar-refractivity contribution < 1.29 is 4.74 Å². The van der Waals surface area contributed by atoms with Crippen LogP contribution < -0.4 is 10.1 Å². The maximum absolute atomic E-state index is 9.45. The molecule has 3 heterocycles. The fourth-order valence-electron chi connectivity index (χ4n) is 5.87. The van der Waals surface area contributed by atoms with E-state index in [2.05, 4.69) is 16.5 Å². The lowest BCUT2D eigenvalue weighted by atomic mass is 9.40. The molecule has 1 N–H and O–H groups in total. The van der Waals surface area contributed by atoms with Crippen LogP contribution in [0.1, 0.15) is 47.5 Å². The average Bonchev–Trinajstić information content (AvgIpc) is 3.39. The van der Waals surface area contributed by atoms with Gasteiger partial charge in [-0.25, -0.2) is 4.98 Å². The third-order valence-electron chi connectivity index (χ3n) is 7.67. The standard InChI is InChI=1S/C28H27N9O/c1-17-10-20(6-5-8-29)11-18(2)23(17)38-25-22-24(37(19(3)32-22)12-21-7-9-31-36(21)4)33-26(34-25)35-28-13-27(14-28,15-28)16-30/h5-7,9-11H,12-15H2,1-4H3,(H,33,34,35)/b6-5+. The fourth-order valence-corrected chi connectivity index (χ4v) is 5.87. The third-order valence-corrected chi connectivity index (χ3v) is 7.67. The van der Waals surface area contributed by atoms with E-state index in [4.69, 9.17) is 25.0 Å². The van der Waals surface area contributed by atoms with E-state index in [1.165, 1.54) is 6.08 Å². The molecule has 0 unspecified atom stereocenters. The highest BCUT2D eigenvalue weighted by Crippen LogP contribution is 2.67. The second-order valence-corrected chi connectivity index (χ2v) is 10.6. The first-order chi connectivity index (χ1) is 18.2. The van der Waals surface area contributed by atoms with Gasteiger partial charge in [-0.3, -0.25) is 4.68 Å². The normalized spacial score (nSPS) is 21.5. The van der Waals surface area contributed by atoms with E-state index >= 15 is 0 Å². The summed E-state index contributed by atoms with van der Waals surface area (Å²) < 4.78 is 10.4. The minimum atomic E-state index is -0.190. The second kappa shape index (κ2) is 8.42. The maximum Gasteiger partial charge on any atom is 0.252 e. The second-order valence-electron chi connectivity index (χ2n) is 10.6. The van der Waals surface area contributed by atoms with Crippen molar-refractivity contribution in [1.82, 2.24) is 29.3 Å². The van der Waals surface area contributed by atoms with Crippen molar-refractivity contribution in [2.24, 2.45) is 12.5 Å². The third kappa shape index (κ3) is 3.77. The van der Waals surface area contributed by atoms with Crippen LogP contribution in [-0.2, 0) is 13.6 Å². The van der Waals surface area contributed by atoms with Crippen LogP contribution in [-0.4, -0.2) is 34.8 Å². The number of fused-ring (bicyclic) bond motifs is 1. The molecule has 0 aliphatic heterocycles. The van der Waals surface area contributed by atoms with Gasteiger partial charge in [0.25, 0.3) is 5.88 Å². The van der Waals surface area contributed by atoms with Crippen molar-refractivity contribution in [2.45, 2.75) is 52.1 Å². The summed E-state index contributed by atoms with van der Waals surface area (Å²) in [5.74, 6) is 2.32. The van der Waals surface area contributed by atoms with Crippen LogP contribution in [0.4, 0.5) is 5.95 Å². The molecule has 10 nitrogen and oxygen atoms in total. The van der Waals surface area contributed by atoms with Crippen LogP contribution in [0.25, 0.3) is 17.2 Å². The van der Waals surface area contributed by atoms with Gasteiger partial charge in [-0.1, -0.05) is 0 Å². The zero-order valence-electron chi connectivity index (χ0n) is 21.8. The van der Waals surface area contributed by atoms with Gasteiger partial charge in [0.1, 0.15) is 11.6 Å². The van der Waals surface area contributed by atoms with E-state index in [1.807, 2.05) is 61.3 Å². The van der Waals surface area contributed by atoms with Crippen LogP contribution in [0, 0.1) is 48.8 Å². The van der Waals surface area contributed by atoms with Gasteiger partial charge < -0.3 is 14.6 Å². The number of nitrogens with one attached hydrogen (secondary N) is 1. The largest absolute Gasteiger partial charge is 0.436 e. The van der Waals surface area contributed by atoms with Gasteiger partial charge in [0.2, 0.25) is 5.95 Å². The first-order valence-corrected chi connectivity index (χ1v) is 12.5. The monoisotopic (exact) mass is 505 g/mol. The summed E-state index contributed by atoms with van der Waals surface area (Å²) in [6, 6.07) is 10.4. The van der Waals surface area contributed by atoms with Crippen LogP contribution in [0.2, 0.25) is 0 Å². The van der Waals surface area contributed by atoms with Gasteiger partial charge in [-0.05, 0) is 81.0 Å². The lowest BCUT2D eigenvalue weighted by molar-refractivity contribution is -0.0665. The Morgan fingerprint density at radius 2 is 1.84 bits per heavy atom. The molecule has 1 aromatic carbocycles. The van der Waals surface area contributed by atoms with Crippen molar-refractivity contribution in [2.75, 3.05) is 5.32 Å². The van der Waals surface area contributed by atoms with Gasteiger partial charge in [0, 0.05) is 24.9 Å². The number of rotatable bonds is 7. The summed E-state index contributed by atoms with van der Waals surface area (Å²) in [6.45, 7) is 6.44. The molecule has 10 heteroatoms. The molecule has 3 saturated carbocycles. The maximum atomic E-state index is 9.45. The Hall–Kier alpha value is -4.70. The lowest BCUT2D eigenvalue weighted by Crippen LogP contribution is -2.70. The smallest absolute Gasteiger partial charge is 0.252 e. The van der Waals surface area contributed by atoms with E-state index in [0.717, 1.165) is 47.5 Å². The number of aryl methyl sites for hydroxylation is 4. The highest BCUT2D eigenvalue weighted by molar-refractivity contribution is 5.79. The summed E-state index contributed by atoms with van der Waals surface area (Å²) in [5.41, 5.74) is 4.71. The Kier molecular flexibility index (Phi) is 5.25. The van der Waals surface area contributed by atoms with E-state index < -0.39 is 0 Å². The zero-order valence-corrected chi connectivity index (χ0v) is 21.8. The summed E-state index contributed by atoms with van der Waals surface area (Å²) in [5, 5.41) is 26.1. The van der Waals surface area contributed by atoms with Crippen molar-refractivity contribution in [3.05, 3.63) is 58.7 Å². The van der Waals surface area contributed by atoms with E-state index in [-0.39, 0.29) is 11.0 Å². The number of ether oxygens (including phenoxy) is 1. The summed E-state index contributed by atoms with van der Waals surface area (Å²) in [6.07, 6.45) is 7.41. The zero-order chi connectivity index (χ0) is 26.7. The molecular weight excluding hydrogens is 478 g/mol. The quantitative estimate of drug-likeness (QED) is 0.357. The van der Waals surface area contributed by atoms with Crippen molar-refractivity contribution in [1.29, 1.82) is 10.5 Å². The van der Waals surface area contributed by atoms with E-state index in [1.54, 1.807) is 12.3 Å². The molecule has 7 rings (SSSR count). The molecule has 3 aliphatic carbocycles. The lowest BCUT2D eigenvalue weighted by Gasteiger charge is -2.66. The van der Waals surface area contributed by atoms with Crippen LogP contribution in [0.5, 0.6) is 11.6 Å². The van der Waals surface area contributed by atoms with Crippen molar-refractivity contribution in [3.63, 3.8) is 0 Å². The minimum absolute atomic E-state index is 0.136. The Labute approximate surface area is 220 Å². The first kappa shape index (κ1) is 23.7. The summed E-state index contributed by atoms with van der Waals surface area (Å²) in [7, 11) is 1.91. The minimum Gasteiger partial charge on any atom is -0.436 e. The Balaban J connectivity index is 1.42. The average molecular weight is 506 g/mol. The van der Waals surface area contributed by atoms with Gasteiger partial charge in [0.05, 0.1) is 29.8 Å². The molecule has 0 spiro atoms. The Morgan fingerprint density at radius 1 is 1.11 bits per heavy atom. The number of hydrogen-bond donors (Lipinski definition) is 1. The van der Waals surface area contributed by atoms with Crippen molar-refractivity contribution >= 4 is 23.2 Å². The topological polar surface area (TPSA) is 130 Å². The van der Waals surface area contributed by atoms with Crippen LogP contribution in [0.15, 0.2) is 30.5 Å². The van der Waals surface area contributed by atoms with E-state index in [0.29, 0.717) is 35.3 Å². The molecule has 4 aromatic rings. The van der Waals surface area contributed by atoms with Gasteiger partial charge in [0.15, 0.2) is 11.2 Å². The molecule has 0 atom stereocenters.